The fourth-order valence-corrected chi connectivity index (χ4v) is 2.57. The molecule has 1 fully saturated rings. The van der Waals surface area contributed by atoms with Crippen LogP contribution in [-0.2, 0) is 7.05 Å². The zero-order valence-corrected chi connectivity index (χ0v) is 10.0. The van der Waals surface area contributed by atoms with Gasteiger partial charge in [-0.3, -0.25) is 4.68 Å². The Morgan fingerprint density at radius 2 is 2.25 bits per heavy atom. The maximum atomic E-state index is 11.0. The minimum Gasteiger partial charge on any atom is -0.476 e. The van der Waals surface area contributed by atoms with Crippen molar-refractivity contribution < 1.29 is 9.90 Å². The molecule has 1 aromatic heterocycles. The zero-order chi connectivity index (χ0) is 11.9. The molecule has 1 unspecified atom stereocenters. The second kappa shape index (κ2) is 4.07. The molecule has 16 heavy (non-hydrogen) atoms. The molecule has 0 aromatic carbocycles. The van der Waals surface area contributed by atoms with E-state index >= 15 is 0 Å². The molecule has 6 heteroatoms. The van der Waals surface area contributed by atoms with Gasteiger partial charge in [0.1, 0.15) is 0 Å². The van der Waals surface area contributed by atoms with Crippen LogP contribution in [-0.4, -0.2) is 45.9 Å². The summed E-state index contributed by atoms with van der Waals surface area (Å²) < 4.78 is 1.35. The predicted octanol–water partition coefficient (Wildman–Crippen LogP) is 1.19. The number of aromatic nitrogens is 2. The van der Waals surface area contributed by atoms with Crippen LogP contribution in [0.15, 0.2) is 0 Å². The van der Waals surface area contributed by atoms with E-state index in [0.29, 0.717) is 5.69 Å². The molecule has 1 aromatic rings. The van der Waals surface area contributed by atoms with Gasteiger partial charge >= 0.3 is 5.97 Å². The minimum absolute atomic E-state index is 0.0752. The van der Waals surface area contributed by atoms with Crippen LogP contribution in [0.3, 0.4) is 0 Å². The monoisotopic (exact) mass is 243 g/mol. The number of nitrogens with zero attached hydrogens (tertiary/aromatic N) is 3. The zero-order valence-electron chi connectivity index (χ0n) is 9.27. The number of carbonyl (C=O) groups is 1. The van der Waals surface area contributed by atoms with Crippen molar-refractivity contribution in [3.05, 3.63) is 16.4 Å². The Labute approximate surface area is 98.6 Å². The first-order valence-corrected chi connectivity index (χ1v) is 5.52. The Morgan fingerprint density at radius 1 is 1.56 bits per heavy atom. The number of hydrogen-bond acceptors (Lipinski definition) is 3. The number of halogens is 1. The molecule has 0 bridgehead atoms. The van der Waals surface area contributed by atoms with Crippen molar-refractivity contribution >= 4 is 17.6 Å². The second-order valence-corrected chi connectivity index (χ2v) is 4.60. The quantitative estimate of drug-likeness (QED) is 0.848. The lowest BCUT2D eigenvalue weighted by molar-refractivity contribution is 0.0685. The fourth-order valence-electron chi connectivity index (χ4n) is 2.17. The Morgan fingerprint density at radius 3 is 2.69 bits per heavy atom. The van der Waals surface area contributed by atoms with Crippen molar-refractivity contribution in [2.75, 3.05) is 20.1 Å². The summed E-state index contributed by atoms with van der Waals surface area (Å²) in [6, 6.07) is 0. The largest absolute Gasteiger partial charge is 0.476 e. The van der Waals surface area contributed by atoms with Crippen molar-refractivity contribution in [3.8, 4) is 0 Å². The summed E-state index contributed by atoms with van der Waals surface area (Å²) in [5.41, 5.74) is 0.789. The van der Waals surface area contributed by atoms with E-state index in [1.54, 1.807) is 7.05 Å². The first-order valence-electron chi connectivity index (χ1n) is 5.15. The van der Waals surface area contributed by atoms with Gasteiger partial charge in [0, 0.05) is 19.5 Å². The van der Waals surface area contributed by atoms with Gasteiger partial charge in [0.25, 0.3) is 0 Å². The Balaban J connectivity index is 2.36. The third kappa shape index (κ3) is 1.81. The van der Waals surface area contributed by atoms with Crippen molar-refractivity contribution in [3.63, 3.8) is 0 Å². The van der Waals surface area contributed by atoms with Crippen LogP contribution < -0.4 is 0 Å². The molecular weight excluding hydrogens is 230 g/mol. The molecule has 1 aliphatic heterocycles. The van der Waals surface area contributed by atoms with E-state index in [9.17, 15) is 4.79 Å². The highest BCUT2D eigenvalue weighted by Crippen LogP contribution is 2.32. The van der Waals surface area contributed by atoms with Crippen molar-refractivity contribution in [2.24, 2.45) is 7.05 Å². The maximum Gasteiger partial charge on any atom is 0.355 e. The lowest BCUT2D eigenvalue weighted by Gasteiger charge is -2.07. The van der Waals surface area contributed by atoms with Gasteiger partial charge in [-0.25, -0.2) is 4.79 Å². The van der Waals surface area contributed by atoms with E-state index in [1.807, 2.05) is 7.05 Å². The van der Waals surface area contributed by atoms with Gasteiger partial charge in [-0.05, 0) is 20.0 Å². The molecule has 1 N–H and O–H groups in total. The molecule has 88 valence electrons. The van der Waals surface area contributed by atoms with Gasteiger partial charge in [-0.2, -0.15) is 5.10 Å². The van der Waals surface area contributed by atoms with Crippen LogP contribution in [0.4, 0.5) is 0 Å². The van der Waals surface area contributed by atoms with Gasteiger partial charge in [-0.15, -0.1) is 0 Å². The summed E-state index contributed by atoms with van der Waals surface area (Å²) >= 11 is 6.07. The van der Waals surface area contributed by atoms with Gasteiger partial charge in [0.05, 0.1) is 10.7 Å². The number of rotatable bonds is 2. The van der Waals surface area contributed by atoms with E-state index in [-0.39, 0.29) is 16.6 Å². The topological polar surface area (TPSA) is 58.4 Å². The second-order valence-electron chi connectivity index (χ2n) is 4.22. The molecule has 0 aliphatic carbocycles. The Kier molecular flexibility index (Phi) is 2.90. The molecule has 5 nitrogen and oxygen atoms in total. The molecule has 0 saturated carbocycles. The first-order chi connectivity index (χ1) is 7.50. The highest BCUT2D eigenvalue weighted by molar-refractivity contribution is 6.34. The molecule has 2 rings (SSSR count). The van der Waals surface area contributed by atoms with Crippen LogP contribution in [0.5, 0.6) is 0 Å². The lowest BCUT2D eigenvalue weighted by Crippen LogP contribution is -2.13. The number of likely N-dealkylation sites (tertiary alicyclic amines) is 1. The number of aryl methyl sites for hydroxylation is 1. The summed E-state index contributed by atoms with van der Waals surface area (Å²) in [7, 11) is 3.65. The molecule has 0 spiro atoms. The summed E-state index contributed by atoms with van der Waals surface area (Å²) in [6.45, 7) is 1.88. The smallest absolute Gasteiger partial charge is 0.355 e. The van der Waals surface area contributed by atoms with Crippen molar-refractivity contribution in [1.29, 1.82) is 0 Å². The average molecular weight is 244 g/mol. The third-order valence-corrected chi connectivity index (χ3v) is 3.37. The number of carboxylic acid groups (broad SMARTS) is 1. The number of likely N-dealkylation sites (N-methyl/N-ethyl adjacent to an activating group) is 1. The van der Waals surface area contributed by atoms with Gasteiger partial charge in [0.2, 0.25) is 0 Å². The number of carboxylic acids is 1. The Hall–Kier alpha value is -1.07. The molecule has 2 heterocycles. The standard InChI is InChI=1S/C10H14ClN3O2/c1-13-4-3-6(5-13)8-7(11)9(10(15)16)14(2)12-8/h6H,3-5H2,1-2H3,(H,15,16). The third-order valence-electron chi connectivity index (χ3n) is 2.99. The van der Waals surface area contributed by atoms with Gasteiger partial charge in [-0.1, -0.05) is 11.6 Å². The number of hydrogen-bond donors (Lipinski definition) is 1. The van der Waals surface area contributed by atoms with Crippen LogP contribution in [0, 0.1) is 0 Å². The maximum absolute atomic E-state index is 11.0. The average Bonchev–Trinajstić information content (AvgIpc) is 2.70. The van der Waals surface area contributed by atoms with Crippen molar-refractivity contribution in [1.82, 2.24) is 14.7 Å². The van der Waals surface area contributed by atoms with Crippen LogP contribution in [0.2, 0.25) is 5.02 Å². The molecule has 1 atom stereocenters. The fraction of sp³-hybridized carbons (Fsp3) is 0.600. The first kappa shape index (κ1) is 11.4. The molecule has 1 saturated heterocycles. The van der Waals surface area contributed by atoms with Crippen LogP contribution >= 0.6 is 11.6 Å². The van der Waals surface area contributed by atoms with Crippen molar-refractivity contribution in [2.45, 2.75) is 12.3 Å². The highest BCUT2D eigenvalue weighted by atomic mass is 35.5. The van der Waals surface area contributed by atoms with Gasteiger partial charge < -0.3 is 10.0 Å². The summed E-state index contributed by atoms with van der Waals surface area (Å²) in [6.07, 6.45) is 0.978. The summed E-state index contributed by atoms with van der Waals surface area (Å²) in [4.78, 5) is 13.2. The normalized spacial score (nSPS) is 21.6. The van der Waals surface area contributed by atoms with E-state index in [2.05, 4.69) is 10.00 Å². The SMILES string of the molecule is CN1CCC(c2nn(C)c(C(=O)O)c2Cl)C1. The van der Waals surface area contributed by atoms with E-state index in [4.69, 9.17) is 16.7 Å². The lowest BCUT2D eigenvalue weighted by atomic mass is 10.0. The minimum atomic E-state index is -1.03. The predicted molar refractivity (Wildman–Crippen MR) is 60.0 cm³/mol. The van der Waals surface area contributed by atoms with E-state index in [1.165, 1.54) is 4.68 Å². The molecular formula is C10H14ClN3O2. The number of aromatic carboxylic acids is 1. The summed E-state index contributed by atoms with van der Waals surface area (Å²) in [5.74, 6) is -0.783. The molecule has 1 aliphatic rings. The highest BCUT2D eigenvalue weighted by Gasteiger charge is 2.29. The Bertz CT molecular complexity index is 430. The van der Waals surface area contributed by atoms with Crippen LogP contribution in [0.1, 0.15) is 28.5 Å². The van der Waals surface area contributed by atoms with Gasteiger partial charge in [0.15, 0.2) is 5.69 Å². The van der Waals surface area contributed by atoms with Crippen LogP contribution in [0.25, 0.3) is 0 Å². The van der Waals surface area contributed by atoms with E-state index < -0.39 is 5.97 Å². The molecule has 0 radical (unpaired) electrons. The van der Waals surface area contributed by atoms with E-state index in [0.717, 1.165) is 19.5 Å². The summed E-state index contributed by atoms with van der Waals surface area (Å²) in [5, 5.41) is 13.5. The molecule has 0 amide bonds.